The maximum Gasteiger partial charge on any atom is 0.261 e. The van der Waals surface area contributed by atoms with E-state index in [1.807, 2.05) is 29.1 Å². The Balaban J connectivity index is 1.47. The molecule has 0 fully saturated rings. The molecule has 0 aliphatic carbocycles. The Morgan fingerprint density at radius 3 is 2.39 bits per heavy atom. The molecule has 2 aromatic heterocycles. The largest absolute Gasteiger partial charge is 0.496 e. The summed E-state index contributed by atoms with van der Waals surface area (Å²) >= 11 is 0. The molecule has 9 heteroatoms. The lowest BCUT2D eigenvalue weighted by Crippen LogP contribution is -2.13. The van der Waals surface area contributed by atoms with Gasteiger partial charge in [0.05, 0.1) is 12.0 Å². The second kappa shape index (κ2) is 8.49. The average Bonchev–Trinajstić information content (AvgIpc) is 3.30. The van der Waals surface area contributed by atoms with E-state index in [1.54, 1.807) is 56.5 Å². The van der Waals surface area contributed by atoms with Crippen molar-refractivity contribution in [3.8, 4) is 23.2 Å². The molecular formula is C22H20N4O4S. The fraction of sp³-hybridized carbons (Fsp3) is 0.0909. The van der Waals surface area contributed by atoms with Gasteiger partial charge in [-0.05, 0) is 67.1 Å². The van der Waals surface area contributed by atoms with E-state index in [2.05, 4.69) is 14.7 Å². The van der Waals surface area contributed by atoms with Crippen molar-refractivity contribution in [2.45, 2.75) is 11.8 Å². The van der Waals surface area contributed by atoms with E-state index in [1.165, 1.54) is 12.4 Å². The van der Waals surface area contributed by atoms with Gasteiger partial charge in [-0.1, -0.05) is 0 Å². The molecule has 2 aromatic carbocycles. The second-order valence-corrected chi connectivity index (χ2v) is 8.35. The molecule has 0 radical (unpaired) electrons. The number of methoxy groups -OCH3 is 1. The van der Waals surface area contributed by atoms with Crippen molar-refractivity contribution in [1.82, 2.24) is 14.5 Å². The number of aryl methyl sites for hydroxylation is 1. The van der Waals surface area contributed by atoms with E-state index in [0.717, 1.165) is 5.56 Å². The Hall–Kier alpha value is -3.85. The minimum Gasteiger partial charge on any atom is -0.496 e. The highest BCUT2D eigenvalue weighted by molar-refractivity contribution is 7.92. The summed E-state index contributed by atoms with van der Waals surface area (Å²) in [7, 11) is -2.19. The number of nitrogens with zero attached hydrogens (tertiary/aromatic N) is 3. The lowest BCUT2D eigenvalue weighted by molar-refractivity contribution is 0.411. The molecule has 0 unspecified atom stereocenters. The number of hydrogen-bond acceptors (Lipinski definition) is 6. The van der Waals surface area contributed by atoms with Crippen LogP contribution in [0, 0.1) is 6.92 Å². The lowest BCUT2D eigenvalue weighted by atomic mass is 10.2. The number of anilines is 1. The molecule has 0 atom stereocenters. The highest BCUT2D eigenvalue weighted by Gasteiger charge is 2.16. The molecular weight excluding hydrogens is 416 g/mol. The van der Waals surface area contributed by atoms with E-state index < -0.39 is 10.0 Å². The van der Waals surface area contributed by atoms with Crippen molar-refractivity contribution >= 4 is 15.7 Å². The van der Waals surface area contributed by atoms with Crippen LogP contribution in [0.2, 0.25) is 0 Å². The topological polar surface area (TPSA) is 95.3 Å². The number of ether oxygens (including phenoxy) is 2. The summed E-state index contributed by atoms with van der Waals surface area (Å²) in [6, 6.07) is 16.8. The molecule has 0 saturated carbocycles. The minimum absolute atomic E-state index is 0.157. The van der Waals surface area contributed by atoms with E-state index in [0.29, 0.717) is 28.9 Å². The number of benzene rings is 2. The van der Waals surface area contributed by atoms with Crippen molar-refractivity contribution < 1.29 is 17.9 Å². The van der Waals surface area contributed by atoms with Crippen molar-refractivity contribution in [3.05, 3.63) is 84.9 Å². The maximum absolute atomic E-state index is 12.7. The monoisotopic (exact) mass is 436 g/mol. The number of hydrogen-bond donors (Lipinski definition) is 1. The molecule has 0 aliphatic heterocycles. The summed E-state index contributed by atoms with van der Waals surface area (Å²) in [5, 5.41) is 0. The summed E-state index contributed by atoms with van der Waals surface area (Å²) in [5.74, 6) is 2.19. The fourth-order valence-electron chi connectivity index (χ4n) is 2.96. The van der Waals surface area contributed by atoms with Gasteiger partial charge in [-0.15, -0.1) is 0 Å². The molecule has 0 aliphatic rings. The van der Waals surface area contributed by atoms with Gasteiger partial charge in [0.1, 0.15) is 23.6 Å². The van der Waals surface area contributed by atoms with Crippen LogP contribution in [-0.4, -0.2) is 30.1 Å². The van der Waals surface area contributed by atoms with E-state index >= 15 is 0 Å². The van der Waals surface area contributed by atoms with Crippen molar-refractivity contribution in [1.29, 1.82) is 0 Å². The van der Waals surface area contributed by atoms with Crippen molar-refractivity contribution in [2.24, 2.45) is 0 Å². The first-order valence-corrected chi connectivity index (χ1v) is 10.8. The molecule has 8 nitrogen and oxygen atoms in total. The third kappa shape index (κ3) is 4.67. The van der Waals surface area contributed by atoms with Gasteiger partial charge in [0.25, 0.3) is 10.0 Å². The van der Waals surface area contributed by atoms with Crippen LogP contribution in [0.5, 0.6) is 17.4 Å². The van der Waals surface area contributed by atoms with Gasteiger partial charge in [0.2, 0.25) is 5.88 Å². The highest BCUT2D eigenvalue weighted by Crippen LogP contribution is 2.25. The molecule has 4 aromatic rings. The molecule has 158 valence electrons. The second-order valence-electron chi connectivity index (χ2n) is 6.67. The van der Waals surface area contributed by atoms with Crippen LogP contribution in [0.3, 0.4) is 0 Å². The first kappa shape index (κ1) is 20.4. The Kier molecular flexibility index (Phi) is 5.59. The lowest BCUT2D eigenvalue weighted by Gasteiger charge is -2.11. The van der Waals surface area contributed by atoms with Crippen LogP contribution >= 0.6 is 0 Å². The summed E-state index contributed by atoms with van der Waals surface area (Å²) in [6.45, 7) is 1.79. The van der Waals surface area contributed by atoms with Crippen LogP contribution < -0.4 is 14.2 Å². The maximum atomic E-state index is 12.7. The Bertz CT molecular complexity index is 1290. The third-order valence-corrected chi connectivity index (χ3v) is 5.88. The molecule has 0 spiro atoms. The zero-order valence-electron chi connectivity index (χ0n) is 16.9. The van der Waals surface area contributed by atoms with Gasteiger partial charge in [0.15, 0.2) is 0 Å². The Morgan fingerprint density at radius 1 is 0.968 bits per heavy atom. The highest BCUT2D eigenvalue weighted by atomic mass is 32.2. The molecule has 0 amide bonds. The Morgan fingerprint density at radius 2 is 1.71 bits per heavy atom. The SMILES string of the molecule is COc1ccc(S(=O)(=O)Nc2ccc(Oc3cc(-n4cccc4)ncn3)cc2)cc1C. The normalized spacial score (nSPS) is 11.2. The summed E-state index contributed by atoms with van der Waals surface area (Å²) in [6.07, 6.45) is 5.17. The quantitative estimate of drug-likeness (QED) is 0.467. The first-order valence-electron chi connectivity index (χ1n) is 9.35. The predicted octanol–water partition coefficient (Wildman–Crippen LogP) is 4.18. The van der Waals surface area contributed by atoms with E-state index in [4.69, 9.17) is 9.47 Å². The average molecular weight is 436 g/mol. The van der Waals surface area contributed by atoms with E-state index in [-0.39, 0.29) is 4.90 Å². The minimum atomic E-state index is -3.73. The van der Waals surface area contributed by atoms with Crippen LogP contribution in [0.15, 0.2) is 84.3 Å². The standard InChI is InChI=1S/C22H20N4O4S/c1-16-13-19(9-10-20(16)29-2)31(27,28)25-17-5-7-18(8-6-17)30-22-14-21(23-15-24-22)26-11-3-4-12-26/h3-15,25H,1-2H3. The van der Waals surface area contributed by atoms with E-state index in [9.17, 15) is 8.42 Å². The van der Waals surface area contributed by atoms with Gasteiger partial charge in [-0.2, -0.15) is 0 Å². The van der Waals surface area contributed by atoms with Gasteiger partial charge in [-0.3, -0.25) is 4.72 Å². The fourth-order valence-corrected chi connectivity index (χ4v) is 4.10. The van der Waals surface area contributed by atoms with Gasteiger partial charge in [-0.25, -0.2) is 18.4 Å². The van der Waals surface area contributed by atoms with Gasteiger partial charge in [0, 0.05) is 24.1 Å². The number of sulfonamides is 1. The molecule has 4 rings (SSSR count). The third-order valence-electron chi connectivity index (χ3n) is 4.50. The molecule has 0 saturated heterocycles. The molecule has 1 N–H and O–H groups in total. The number of aromatic nitrogens is 3. The Labute approximate surface area is 180 Å². The summed E-state index contributed by atoms with van der Waals surface area (Å²) < 4.78 is 40.7. The molecule has 0 bridgehead atoms. The summed E-state index contributed by atoms with van der Waals surface area (Å²) in [4.78, 5) is 8.49. The first-order chi connectivity index (χ1) is 14.9. The van der Waals surface area contributed by atoms with Crippen molar-refractivity contribution in [2.75, 3.05) is 11.8 Å². The van der Waals surface area contributed by atoms with Crippen LogP contribution in [0.4, 0.5) is 5.69 Å². The number of nitrogens with one attached hydrogen (secondary N) is 1. The van der Waals surface area contributed by atoms with Crippen molar-refractivity contribution in [3.63, 3.8) is 0 Å². The van der Waals surface area contributed by atoms with Crippen LogP contribution in [0.1, 0.15) is 5.56 Å². The van der Waals surface area contributed by atoms with Gasteiger partial charge < -0.3 is 14.0 Å². The smallest absolute Gasteiger partial charge is 0.261 e. The molecule has 2 heterocycles. The zero-order valence-corrected chi connectivity index (χ0v) is 17.7. The van der Waals surface area contributed by atoms with Crippen LogP contribution in [-0.2, 0) is 10.0 Å². The molecule has 31 heavy (non-hydrogen) atoms. The summed E-state index contributed by atoms with van der Waals surface area (Å²) in [5.41, 5.74) is 1.15. The van der Waals surface area contributed by atoms with Crippen LogP contribution in [0.25, 0.3) is 5.82 Å². The van der Waals surface area contributed by atoms with Gasteiger partial charge >= 0.3 is 0 Å². The predicted molar refractivity (Wildman–Crippen MR) is 116 cm³/mol. The number of rotatable bonds is 7. The zero-order chi connectivity index (χ0) is 21.8.